The number of anilines is 1. The van der Waals surface area contributed by atoms with Gasteiger partial charge in [0.25, 0.3) is 0 Å². The summed E-state index contributed by atoms with van der Waals surface area (Å²) in [6, 6.07) is 6.18. The Morgan fingerprint density at radius 1 is 1.07 bits per heavy atom. The van der Waals surface area contributed by atoms with Gasteiger partial charge in [0.05, 0.1) is 44.9 Å². The lowest BCUT2D eigenvalue weighted by Gasteiger charge is -2.38. The summed E-state index contributed by atoms with van der Waals surface area (Å²) < 4.78 is 8.94. The Morgan fingerprint density at radius 3 is 2.79 bits per heavy atom. The van der Waals surface area contributed by atoms with Crippen LogP contribution < -0.4 is 5.32 Å². The van der Waals surface area contributed by atoms with Crippen LogP contribution in [0.25, 0.3) is 21.1 Å². The first kappa shape index (κ1) is 28.4. The number of fused-ring (bicyclic) bond motifs is 2. The monoisotopic (exact) mass is 601 g/mol. The van der Waals surface area contributed by atoms with E-state index in [1.54, 1.807) is 34.8 Å². The average molecular weight is 602 g/mol. The molecule has 7 rings (SSSR count). The van der Waals surface area contributed by atoms with Crippen LogP contribution in [0.2, 0.25) is 0 Å². The molecular formula is C32H39N7O3S. The molecule has 2 amide bonds. The van der Waals surface area contributed by atoms with Gasteiger partial charge in [0.15, 0.2) is 6.23 Å². The summed E-state index contributed by atoms with van der Waals surface area (Å²) in [7, 11) is 0. The van der Waals surface area contributed by atoms with Crippen molar-refractivity contribution in [2.45, 2.75) is 70.6 Å². The number of nitrogens with one attached hydrogen (secondary N) is 1. The molecule has 1 N–H and O–H groups in total. The van der Waals surface area contributed by atoms with E-state index in [1.807, 2.05) is 4.68 Å². The van der Waals surface area contributed by atoms with E-state index >= 15 is 0 Å². The van der Waals surface area contributed by atoms with E-state index in [0.29, 0.717) is 24.8 Å². The first-order chi connectivity index (χ1) is 21.0. The minimum atomic E-state index is -0.662. The maximum absolute atomic E-state index is 13.8. The Hall–Kier alpha value is -3.41. The van der Waals surface area contributed by atoms with Crippen LogP contribution in [0.5, 0.6) is 0 Å². The predicted octanol–water partition coefficient (Wildman–Crippen LogP) is 5.32. The zero-order valence-corrected chi connectivity index (χ0v) is 25.5. The second-order valence-corrected chi connectivity index (χ2v) is 13.4. The molecule has 3 fully saturated rings. The fourth-order valence-electron chi connectivity index (χ4n) is 6.82. The van der Waals surface area contributed by atoms with E-state index in [0.717, 1.165) is 72.1 Å². The van der Waals surface area contributed by atoms with Crippen LogP contribution in [-0.4, -0.2) is 74.1 Å². The molecule has 0 bridgehead atoms. The lowest BCUT2D eigenvalue weighted by molar-refractivity contribution is -0.146. The number of ether oxygens (including phenoxy) is 1. The molecule has 1 unspecified atom stereocenters. The third-order valence-electron chi connectivity index (χ3n) is 9.13. The zero-order valence-electron chi connectivity index (χ0n) is 24.7. The Morgan fingerprint density at radius 2 is 1.95 bits per heavy atom. The molecule has 6 heterocycles. The van der Waals surface area contributed by atoms with Gasteiger partial charge in [-0.25, -0.2) is 9.67 Å². The van der Waals surface area contributed by atoms with Crippen LogP contribution in [0.3, 0.4) is 0 Å². The summed E-state index contributed by atoms with van der Waals surface area (Å²) >= 11 is 1.76. The molecule has 0 aliphatic carbocycles. The standard InChI is InChI=1S/C32H39N7O3S/c1-21-7-9-26(22-8-10-27-24(16-22)35-28(43-27)11-14-37-12-3-4-13-37)38(20-21)32(41)31(40)36-25-19-33-17-23-18-34-39(30(23)25)29-6-2-5-15-42-29/h8,10,16-19,21,26,29H,2-7,9,11-15,20H2,1H3,(H,36,40)/t21-,26+,29?/m0/s1. The molecule has 3 aliphatic heterocycles. The first-order valence-electron chi connectivity index (χ1n) is 15.7. The van der Waals surface area contributed by atoms with E-state index in [-0.39, 0.29) is 12.3 Å². The number of carbonyl (C=O) groups excluding carboxylic acids is 2. The van der Waals surface area contributed by atoms with Gasteiger partial charge in [0.2, 0.25) is 0 Å². The number of hydrogen-bond donors (Lipinski definition) is 1. The third-order valence-corrected chi connectivity index (χ3v) is 10.2. The summed E-state index contributed by atoms with van der Waals surface area (Å²) in [6.45, 7) is 6.79. The SMILES string of the molecule is C[C@H]1CC[C@H](c2ccc3sc(CCN4CCCC4)nc3c2)N(C(=O)C(=O)Nc2cncc3cnn(C4CCCCO4)c23)C1. The number of nitrogens with zero attached hydrogens (tertiary/aromatic N) is 6. The van der Waals surface area contributed by atoms with Crippen molar-refractivity contribution < 1.29 is 14.3 Å². The van der Waals surface area contributed by atoms with Gasteiger partial charge in [0, 0.05) is 37.7 Å². The highest BCUT2D eigenvalue weighted by Crippen LogP contribution is 2.36. The van der Waals surface area contributed by atoms with Crippen molar-refractivity contribution >= 4 is 50.0 Å². The Labute approximate surface area is 255 Å². The molecule has 3 atom stereocenters. The predicted molar refractivity (Wildman–Crippen MR) is 167 cm³/mol. The van der Waals surface area contributed by atoms with Crippen molar-refractivity contribution in [1.29, 1.82) is 0 Å². The number of benzene rings is 1. The molecule has 10 nitrogen and oxygen atoms in total. The number of pyridine rings is 1. The van der Waals surface area contributed by atoms with Gasteiger partial charge >= 0.3 is 11.8 Å². The molecule has 0 saturated carbocycles. The van der Waals surface area contributed by atoms with Crippen LogP contribution in [0, 0.1) is 5.92 Å². The van der Waals surface area contributed by atoms with Gasteiger partial charge < -0.3 is 19.9 Å². The fraction of sp³-hybridized carbons (Fsp3) is 0.531. The van der Waals surface area contributed by atoms with Crippen molar-refractivity contribution in [3.8, 4) is 0 Å². The van der Waals surface area contributed by atoms with Crippen LogP contribution in [0.4, 0.5) is 5.69 Å². The highest BCUT2D eigenvalue weighted by atomic mass is 32.1. The van der Waals surface area contributed by atoms with Gasteiger partial charge in [0.1, 0.15) is 0 Å². The van der Waals surface area contributed by atoms with Crippen molar-refractivity contribution in [1.82, 2.24) is 29.5 Å². The molecule has 3 aromatic heterocycles. The number of thiazole rings is 1. The van der Waals surface area contributed by atoms with E-state index in [9.17, 15) is 9.59 Å². The molecule has 43 heavy (non-hydrogen) atoms. The van der Waals surface area contributed by atoms with Crippen LogP contribution in [0.15, 0.2) is 36.8 Å². The van der Waals surface area contributed by atoms with Gasteiger partial charge in [-0.05, 0) is 81.6 Å². The van der Waals surface area contributed by atoms with Crippen molar-refractivity contribution in [2.24, 2.45) is 5.92 Å². The topological polar surface area (TPSA) is 105 Å². The highest BCUT2D eigenvalue weighted by Gasteiger charge is 2.35. The number of hydrogen-bond acceptors (Lipinski definition) is 8. The first-order valence-corrected chi connectivity index (χ1v) is 16.5. The maximum Gasteiger partial charge on any atom is 0.314 e. The molecule has 226 valence electrons. The van der Waals surface area contributed by atoms with Gasteiger partial charge in [-0.2, -0.15) is 5.10 Å². The second-order valence-electron chi connectivity index (χ2n) is 12.3. The Kier molecular flexibility index (Phi) is 8.11. The number of amides is 2. The van der Waals surface area contributed by atoms with Crippen molar-refractivity contribution in [3.05, 3.63) is 47.4 Å². The van der Waals surface area contributed by atoms with Gasteiger partial charge in [-0.3, -0.25) is 14.6 Å². The Balaban J connectivity index is 1.10. The van der Waals surface area contributed by atoms with E-state index in [4.69, 9.17) is 9.72 Å². The van der Waals surface area contributed by atoms with Crippen LogP contribution >= 0.6 is 11.3 Å². The highest BCUT2D eigenvalue weighted by molar-refractivity contribution is 7.18. The number of piperidine rings is 1. The average Bonchev–Trinajstić information content (AvgIpc) is 3.80. The van der Waals surface area contributed by atoms with E-state index in [2.05, 4.69) is 45.4 Å². The second kappa shape index (κ2) is 12.3. The molecule has 4 aromatic rings. The summed E-state index contributed by atoms with van der Waals surface area (Å²) in [4.78, 5) is 40.9. The van der Waals surface area contributed by atoms with Crippen LogP contribution in [0.1, 0.15) is 74.7 Å². The molecule has 3 aliphatic rings. The summed E-state index contributed by atoms with van der Waals surface area (Å²) in [5, 5.41) is 9.37. The normalized spacial score (nSPS) is 23.3. The number of aromatic nitrogens is 4. The summed E-state index contributed by atoms with van der Waals surface area (Å²) in [6.07, 6.45) is 13.1. The minimum Gasteiger partial charge on any atom is -0.356 e. The molecule has 0 radical (unpaired) electrons. The molecule has 3 saturated heterocycles. The minimum absolute atomic E-state index is 0.177. The lowest BCUT2D eigenvalue weighted by atomic mass is 9.89. The smallest absolute Gasteiger partial charge is 0.314 e. The zero-order chi connectivity index (χ0) is 29.3. The van der Waals surface area contributed by atoms with Crippen molar-refractivity contribution in [2.75, 3.05) is 38.1 Å². The third kappa shape index (κ3) is 5.90. The molecule has 11 heteroatoms. The Bertz CT molecular complexity index is 1620. The molecule has 0 spiro atoms. The number of rotatable bonds is 6. The maximum atomic E-state index is 13.8. The number of likely N-dealkylation sites (tertiary alicyclic amines) is 2. The summed E-state index contributed by atoms with van der Waals surface area (Å²) in [5.74, 6) is -0.883. The number of carbonyl (C=O) groups is 2. The van der Waals surface area contributed by atoms with Gasteiger partial charge in [-0.15, -0.1) is 11.3 Å². The van der Waals surface area contributed by atoms with Crippen molar-refractivity contribution in [3.63, 3.8) is 0 Å². The van der Waals surface area contributed by atoms with Gasteiger partial charge in [-0.1, -0.05) is 13.0 Å². The lowest BCUT2D eigenvalue weighted by Crippen LogP contribution is -2.46. The largest absolute Gasteiger partial charge is 0.356 e. The molecular weight excluding hydrogens is 562 g/mol. The quantitative estimate of drug-likeness (QED) is 0.298. The fourth-order valence-corrected chi connectivity index (χ4v) is 7.76. The molecule has 1 aromatic carbocycles. The van der Waals surface area contributed by atoms with Crippen LogP contribution in [-0.2, 0) is 20.7 Å². The van der Waals surface area contributed by atoms with E-state index < -0.39 is 11.8 Å². The van der Waals surface area contributed by atoms with E-state index in [1.165, 1.54) is 30.6 Å². The summed E-state index contributed by atoms with van der Waals surface area (Å²) in [5.41, 5.74) is 3.20.